The number of benzene rings is 2. The summed E-state index contributed by atoms with van der Waals surface area (Å²) in [4.78, 5) is 24.4. The molecule has 1 saturated heterocycles. The molecule has 1 N–H and O–H groups in total. The van der Waals surface area contributed by atoms with Crippen molar-refractivity contribution in [2.75, 3.05) is 26.2 Å². The molecule has 2 aromatic heterocycles. The van der Waals surface area contributed by atoms with Gasteiger partial charge in [-0.1, -0.05) is 36.4 Å². The van der Waals surface area contributed by atoms with Gasteiger partial charge in [0.05, 0.1) is 11.1 Å². The van der Waals surface area contributed by atoms with Crippen LogP contribution in [0, 0.1) is 0 Å². The fourth-order valence-corrected chi connectivity index (χ4v) is 5.14. The molecule has 0 bridgehead atoms. The van der Waals surface area contributed by atoms with E-state index in [1.54, 1.807) is 12.4 Å². The minimum atomic E-state index is -5.04. The van der Waals surface area contributed by atoms with E-state index < -0.39 is 41.0 Å². The number of alkyl halides is 6. The highest BCUT2D eigenvalue weighted by atomic mass is 35.5. The molecule has 1 amide bonds. The van der Waals surface area contributed by atoms with Crippen molar-refractivity contribution in [2.24, 2.45) is 0 Å². The number of hydrogen-bond donors (Lipinski definition) is 1. The normalized spacial score (nSPS) is 16.2. The number of carbonyl (C=O) groups is 1. The first-order chi connectivity index (χ1) is 19.5. The molecule has 4 aromatic rings. The van der Waals surface area contributed by atoms with Gasteiger partial charge in [-0.15, -0.1) is 24.8 Å². The zero-order chi connectivity index (χ0) is 29.2. The molecular formula is C30H28Cl2F6N4O. The SMILES string of the molecule is Cl.Cl.O=C(c1cc(C(F)(F)F)cc(C(F)(F)F)c1)N1CCN(C/C=C/c2cccnc2)C[C@H]1Cc1c[nH]c2ccccc12. The number of nitrogens with one attached hydrogen (secondary N) is 1. The van der Waals surface area contributed by atoms with Crippen LogP contribution in [0.15, 0.2) is 79.3 Å². The van der Waals surface area contributed by atoms with Gasteiger partial charge in [0, 0.05) is 67.3 Å². The minimum Gasteiger partial charge on any atom is -0.361 e. The van der Waals surface area contributed by atoms with E-state index in [2.05, 4.69) is 14.9 Å². The lowest BCUT2D eigenvalue weighted by Gasteiger charge is -2.41. The lowest BCUT2D eigenvalue weighted by atomic mass is 9.98. The molecule has 0 radical (unpaired) electrons. The molecular weight excluding hydrogens is 617 g/mol. The van der Waals surface area contributed by atoms with Gasteiger partial charge >= 0.3 is 12.4 Å². The smallest absolute Gasteiger partial charge is 0.361 e. The molecule has 0 aliphatic carbocycles. The predicted molar refractivity (Wildman–Crippen MR) is 157 cm³/mol. The molecule has 5 nitrogen and oxygen atoms in total. The second-order valence-corrected chi connectivity index (χ2v) is 9.96. The van der Waals surface area contributed by atoms with Gasteiger partial charge in [-0.05, 0) is 47.9 Å². The second-order valence-electron chi connectivity index (χ2n) is 9.96. The van der Waals surface area contributed by atoms with E-state index in [0.29, 0.717) is 38.2 Å². The number of nitrogens with zero attached hydrogens (tertiary/aromatic N) is 3. The van der Waals surface area contributed by atoms with Crippen molar-refractivity contribution in [1.82, 2.24) is 19.8 Å². The van der Waals surface area contributed by atoms with E-state index in [0.717, 1.165) is 22.0 Å². The van der Waals surface area contributed by atoms with Crippen LogP contribution in [0.5, 0.6) is 0 Å². The number of amides is 1. The average molecular weight is 645 g/mol. The molecule has 3 heterocycles. The highest BCUT2D eigenvalue weighted by molar-refractivity contribution is 5.95. The Morgan fingerprint density at radius 2 is 1.65 bits per heavy atom. The maximum absolute atomic E-state index is 13.6. The van der Waals surface area contributed by atoms with Crippen LogP contribution in [0.25, 0.3) is 17.0 Å². The van der Waals surface area contributed by atoms with Crippen molar-refractivity contribution in [3.63, 3.8) is 0 Å². The number of piperazine rings is 1. The third-order valence-electron chi connectivity index (χ3n) is 7.15. The van der Waals surface area contributed by atoms with Crippen LogP contribution < -0.4 is 0 Å². The number of pyridine rings is 1. The van der Waals surface area contributed by atoms with Crippen molar-refractivity contribution in [1.29, 1.82) is 0 Å². The maximum Gasteiger partial charge on any atom is 0.416 e. The van der Waals surface area contributed by atoms with E-state index in [-0.39, 0.29) is 37.4 Å². The zero-order valence-electron chi connectivity index (χ0n) is 22.5. The van der Waals surface area contributed by atoms with Crippen LogP contribution in [-0.4, -0.2) is 57.9 Å². The summed E-state index contributed by atoms with van der Waals surface area (Å²) in [6, 6.07) is 11.8. The number of aromatic amines is 1. The van der Waals surface area contributed by atoms with E-state index in [4.69, 9.17) is 0 Å². The number of H-pyrrole nitrogens is 1. The van der Waals surface area contributed by atoms with E-state index in [1.807, 2.05) is 54.7 Å². The van der Waals surface area contributed by atoms with Crippen LogP contribution >= 0.6 is 24.8 Å². The molecule has 0 unspecified atom stereocenters. The molecule has 43 heavy (non-hydrogen) atoms. The van der Waals surface area contributed by atoms with Crippen LogP contribution in [0.4, 0.5) is 26.3 Å². The first kappa shape index (κ1) is 34.0. The van der Waals surface area contributed by atoms with Gasteiger partial charge in [0.1, 0.15) is 0 Å². The van der Waals surface area contributed by atoms with Crippen LogP contribution in [-0.2, 0) is 18.8 Å². The van der Waals surface area contributed by atoms with Crippen LogP contribution in [0.2, 0.25) is 0 Å². The Balaban J connectivity index is 0.00000253. The number of carbonyl (C=O) groups excluding carboxylic acids is 1. The standard InChI is InChI=1S/C30H26F6N4O.2ClH/c31-29(32,33)23-13-21(14-24(16-23)30(34,35)36)28(41)40-12-11-39(10-4-6-20-5-3-9-37-17-20)19-25(40)15-22-18-38-27-8-2-1-7-26(22)27;;/h1-9,13-14,16-18,25,38H,10-12,15,19H2;2*1H/b6-4+;;/t25-;;/m1../s1. The number of hydrogen-bond acceptors (Lipinski definition) is 3. The number of rotatable bonds is 6. The van der Waals surface area contributed by atoms with Crippen molar-refractivity contribution in [3.8, 4) is 0 Å². The quantitative estimate of drug-likeness (QED) is 0.221. The molecule has 230 valence electrons. The van der Waals surface area contributed by atoms with Gasteiger partial charge in [-0.25, -0.2) is 0 Å². The fraction of sp³-hybridized carbons (Fsp3) is 0.267. The summed E-state index contributed by atoms with van der Waals surface area (Å²) in [5, 5.41) is 0.937. The monoisotopic (exact) mass is 644 g/mol. The lowest BCUT2D eigenvalue weighted by Crippen LogP contribution is -2.56. The Labute approximate surface area is 256 Å². The zero-order valence-corrected chi connectivity index (χ0v) is 24.2. The molecule has 0 spiro atoms. The van der Waals surface area contributed by atoms with E-state index in [1.165, 1.54) is 4.90 Å². The largest absolute Gasteiger partial charge is 0.416 e. The number of fused-ring (bicyclic) bond motifs is 1. The third kappa shape index (κ3) is 8.10. The summed E-state index contributed by atoms with van der Waals surface area (Å²) < 4.78 is 81.0. The second kappa shape index (κ2) is 13.8. The van der Waals surface area contributed by atoms with Gasteiger partial charge in [-0.3, -0.25) is 14.7 Å². The Kier molecular flexibility index (Phi) is 10.9. The predicted octanol–water partition coefficient (Wildman–Crippen LogP) is 7.53. The number of halogens is 8. The molecule has 1 fully saturated rings. The molecule has 0 saturated carbocycles. The minimum absolute atomic E-state index is 0. The molecule has 1 atom stereocenters. The van der Waals surface area contributed by atoms with Crippen molar-refractivity contribution in [3.05, 3.63) is 107 Å². The van der Waals surface area contributed by atoms with Gasteiger partial charge in [0.25, 0.3) is 5.91 Å². The Hall–Kier alpha value is -3.54. The summed E-state index contributed by atoms with van der Waals surface area (Å²) in [5.74, 6) is -0.864. The van der Waals surface area contributed by atoms with Gasteiger partial charge in [-0.2, -0.15) is 26.3 Å². The molecule has 5 rings (SSSR count). The van der Waals surface area contributed by atoms with Gasteiger partial charge in [0.2, 0.25) is 0 Å². The van der Waals surface area contributed by atoms with E-state index in [9.17, 15) is 31.1 Å². The van der Waals surface area contributed by atoms with Crippen molar-refractivity contribution >= 4 is 47.7 Å². The highest BCUT2D eigenvalue weighted by Crippen LogP contribution is 2.37. The average Bonchev–Trinajstić information content (AvgIpc) is 3.35. The molecule has 1 aliphatic heterocycles. The Morgan fingerprint density at radius 1 is 0.953 bits per heavy atom. The fourth-order valence-electron chi connectivity index (χ4n) is 5.14. The van der Waals surface area contributed by atoms with Gasteiger partial charge < -0.3 is 9.88 Å². The van der Waals surface area contributed by atoms with Crippen LogP contribution in [0.1, 0.15) is 32.6 Å². The van der Waals surface area contributed by atoms with Gasteiger partial charge in [0.15, 0.2) is 0 Å². The summed E-state index contributed by atoms with van der Waals surface area (Å²) in [6.45, 7) is 1.47. The molecule has 1 aliphatic rings. The summed E-state index contributed by atoms with van der Waals surface area (Å²) in [6.07, 6.45) is -0.634. The van der Waals surface area contributed by atoms with Crippen molar-refractivity contribution < 1.29 is 31.1 Å². The third-order valence-corrected chi connectivity index (χ3v) is 7.15. The number of aromatic nitrogens is 2. The topological polar surface area (TPSA) is 52.2 Å². The van der Waals surface area contributed by atoms with E-state index >= 15 is 0 Å². The molecule has 2 aromatic carbocycles. The first-order valence-corrected chi connectivity index (χ1v) is 12.9. The Morgan fingerprint density at radius 3 is 2.30 bits per heavy atom. The maximum atomic E-state index is 13.6. The summed E-state index contributed by atoms with van der Waals surface area (Å²) in [7, 11) is 0. The van der Waals surface area contributed by atoms with Crippen molar-refractivity contribution in [2.45, 2.75) is 24.8 Å². The first-order valence-electron chi connectivity index (χ1n) is 12.9. The summed E-state index contributed by atoms with van der Waals surface area (Å²) >= 11 is 0. The summed E-state index contributed by atoms with van der Waals surface area (Å²) in [5.41, 5.74) is -0.954. The highest BCUT2D eigenvalue weighted by Gasteiger charge is 2.39. The molecule has 13 heteroatoms. The number of para-hydroxylation sites is 1. The Bertz CT molecular complexity index is 1520. The van der Waals surface area contributed by atoms with Crippen LogP contribution in [0.3, 0.4) is 0 Å². The lowest BCUT2D eigenvalue weighted by molar-refractivity contribution is -0.143.